The number of piperidine rings is 1. The Morgan fingerprint density at radius 1 is 1.30 bits per heavy atom. The van der Waals surface area contributed by atoms with Crippen LogP contribution in [0, 0.1) is 5.92 Å². The molecule has 0 bridgehead atoms. The predicted molar refractivity (Wildman–Crippen MR) is 109 cm³/mol. The molecular formula is C20H32ClN3O3. The lowest BCUT2D eigenvalue weighted by molar-refractivity contribution is -0.136. The normalized spacial score (nSPS) is 16.6. The molecule has 2 amide bonds. The summed E-state index contributed by atoms with van der Waals surface area (Å²) < 4.78 is 5.69. The van der Waals surface area contributed by atoms with Crippen LogP contribution < -0.4 is 15.8 Å². The first-order chi connectivity index (χ1) is 12.5. The Kier molecular flexibility index (Phi) is 10.2. The average molecular weight is 398 g/mol. The zero-order chi connectivity index (χ0) is 18.9. The molecule has 7 heteroatoms. The summed E-state index contributed by atoms with van der Waals surface area (Å²) in [5.74, 6) is 1.16. The molecule has 152 valence electrons. The van der Waals surface area contributed by atoms with E-state index in [4.69, 9.17) is 10.5 Å². The van der Waals surface area contributed by atoms with Crippen LogP contribution in [0.2, 0.25) is 0 Å². The molecule has 1 fully saturated rings. The Balaban J connectivity index is 0.00000364. The summed E-state index contributed by atoms with van der Waals surface area (Å²) in [4.78, 5) is 26.3. The van der Waals surface area contributed by atoms with Crippen molar-refractivity contribution in [3.63, 3.8) is 0 Å². The first-order valence-corrected chi connectivity index (χ1v) is 9.49. The number of hydrogen-bond donors (Lipinski definition) is 2. The van der Waals surface area contributed by atoms with E-state index in [9.17, 15) is 9.59 Å². The quantitative estimate of drug-likeness (QED) is 0.704. The number of likely N-dealkylation sites (tertiary alicyclic amines) is 1. The minimum atomic E-state index is -0.135. The van der Waals surface area contributed by atoms with Gasteiger partial charge in [-0.2, -0.15) is 0 Å². The number of ether oxygens (including phenoxy) is 1. The predicted octanol–water partition coefficient (Wildman–Crippen LogP) is 2.31. The number of benzene rings is 1. The van der Waals surface area contributed by atoms with Crippen molar-refractivity contribution >= 4 is 24.2 Å². The standard InChI is InChI=1S/C20H31N3O3.ClH/c1-15(2)16-5-7-18(8-6-16)26-13-9-19(24)23-12-3-4-17(14-23)20(25)22-11-10-21;/h5-8,15,17H,3-4,9-14,21H2,1-2H3,(H,22,25);1H. The number of carbonyl (C=O) groups excluding carboxylic acids is 2. The van der Waals surface area contributed by atoms with E-state index in [1.54, 1.807) is 4.90 Å². The summed E-state index contributed by atoms with van der Waals surface area (Å²) in [5.41, 5.74) is 6.68. The van der Waals surface area contributed by atoms with Crippen molar-refractivity contribution in [1.29, 1.82) is 0 Å². The number of nitrogens with one attached hydrogen (secondary N) is 1. The molecule has 1 aliphatic heterocycles. The van der Waals surface area contributed by atoms with Gasteiger partial charge in [-0.05, 0) is 36.5 Å². The van der Waals surface area contributed by atoms with Crippen molar-refractivity contribution < 1.29 is 14.3 Å². The molecule has 6 nitrogen and oxygen atoms in total. The largest absolute Gasteiger partial charge is 0.493 e. The van der Waals surface area contributed by atoms with E-state index in [1.807, 2.05) is 12.1 Å². The summed E-state index contributed by atoms with van der Waals surface area (Å²) in [6.45, 7) is 6.75. The summed E-state index contributed by atoms with van der Waals surface area (Å²) >= 11 is 0. The molecule has 1 heterocycles. The van der Waals surface area contributed by atoms with Crippen LogP contribution in [0.1, 0.15) is 44.6 Å². The molecular weight excluding hydrogens is 366 g/mol. The molecule has 3 N–H and O–H groups in total. The number of nitrogens with zero attached hydrogens (tertiary/aromatic N) is 1. The van der Waals surface area contributed by atoms with Crippen LogP contribution in [0.5, 0.6) is 5.75 Å². The van der Waals surface area contributed by atoms with Gasteiger partial charge >= 0.3 is 0 Å². The maximum atomic E-state index is 12.4. The van der Waals surface area contributed by atoms with Gasteiger partial charge in [0.25, 0.3) is 0 Å². The zero-order valence-corrected chi connectivity index (χ0v) is 17.1. The topological polar surface area (TPSA) is 84.7 Å². The number of carbonyl (C=O) groups is 2. The summed E-state index contributed by atoms with van der Waals surface area (Å²) in [6, 6.07) is 7.99. The molecule has 0 radical (unpaired) electrons. The number of hydrogen-bond acceptors (Lipinski definition) is 4. The van der Waals surface area contributed by atoms with Crippen molar-refractivity contribution in [1.82, 2.24) is 10.2 Å². The number of nitrogens with two attached hydrogens (primary N) is 1. The van der Waals surface area contributed by atoms with Crippen molar-refractivity contribution in [2.24, 2.45) is 11.7 Å². The Labute approximate surface area is 168 Å². The van der Waals surface area contributed by atoms with Crippen molar-refractivity contribution in [2.45, 2.75) is 39.0 Å². The molecule has 1 unspecified atom stereocenters. The van der Waals surface area contributed by atoms with Gasteiger partial charge in [-0.15, -0.1) is 12.4 Å². The van der Waals surface area contributed by atoms with E-state index in [-0.39, 0.29) is 30.1 Å². The van der Waals surface area contributed by atoms with Crippen molar-refractivity contribution in [2.75, 3.05) is 32.8 Å². The third-order valence-corrected chi connectivity index (χ3v) is 4.72. The molecule has 27 heavy (non-hydrogen) atoms. The van der Waals surface area contributed by atoms with Gasteiger partial charge < -0.3 is 20.7 Å². The summed E-state index contributed by atoms with van der Waals surface area (Å²) in [7, 11) is 0. The number of rotatable bonds is 8. The molecule has 1 aliphatic rings. The molecule has 1 saturated heterocycles. The minimum absolute atomic E-state index is 0. The minimum Gasteiger partial charge on any atom is -0.493 e. The highest BCUT2D eigenvalue weighted by atomic mass is 35.5. The second-order valence-corrected chi connectivity index (χ2v) is 7.08. The first kappa shape index (κ1) is 23.2. The van der Waals surface area contributed by atoms with Crippen LogP contribution in [0.25, 0.3) is 0 Å². The van der Waals surface area contributed by atoms with Crippen LogP contribution in [0.3, 0.4) is 0 Å². The van der Waals surface area contributed by atoms with Crippen LogP contribution in [0.4, 0.5) is 0 Å². The molecule has 2 rings (SSSR count). The van der Waals surface area contributed by atoms with E-state index in [0.29, 0.717) is 45.1 Å². The van der Waals surface area contributed by atoms with E-state index in [0.717, 1.165) is 18.6 Å². The highest BCUT2D eigenvalue weighted by Crippen LogP contribution is 2.20. The van der Waals surface area contributed by atoms with Crippen LogP contribution >= 0.6 is 12.4 Å². The van der Waals surface area contributed by atoms with E-state index in [2.05, 4.69) is 31.3 Å². The van der Waals surface area contributed by atoms with Gasteiger partial charge in [0.05, 0.1) is 18.9 Å². The Morgan fingerprint density at radius 3 is 2.63 bits per heavy atom. The Morgan fingerprint density at radius 2 is 2.00 bits per heavy atom. The Bertz CT molecular complexity index is 593. The maximum Gasteiger partial charge on any atom is 0.226 e. The van der Waals surface area contributed by atoms with Gasteiger partial charge in [-0.1, -0.05) is 26.0 Å². The number of halogens is 1. The molecule has 0 aliphatic carbocycles. The van der Waals surface area contributed by atoms with Gasteiger partial charge in [0.2, 0.25) is 11.8 Å². The molecule has 1 atom stereocenters. The first-order valence-electron chi connectivity index (χ1n) is 9.49. The average Bonchev–Trinajstić information content (AvgIpc) is 2.66. The molecule has 0 aromatic heterocycles. The molecule has 0 saturated carbocycles. The zero-order valence-electron chi connectivity index (χ0n) is 16.3. The SMILES string of the molecule is CC(C)c1ccc(OCCC(=O)N2CCCC(C(=O)NCCN)C2)cc1.Cl. The van der Waals surface area contributed by atoms with E-state index >= 15 is 0 Å². The highest BCUT2D eigenvalue weighted by molar-refractivity contribution is 5.85. The van der Waals surface area contributed by atoms with Gasteiger partial charge in [-0.25, -0.2) is 0 Å². The van der Waals surface area contributed by atoms with Crippen molar-refractivity contribution in [3.05, 3.63) is 29.8 Å². The van der Waals surface area contributed by atoms with Crippen LogP contribution in [0.15, 0.2) is 24.3 Å². The second-order valence-electron chi connectivity index (χ2n) is 7.08. The van der Waals surface area contributed by atoms with Crippen LogP contribution in [-0.4, -0.2) is 49.5 Å². The second kappa shape index (κ2) is 11.8. The van der Waals surface area contributed by atoms with Crippen LogP contribution in [-0.2, 0) is 9.59 Å². The monoisotopic (exact) mass is 397 g/mol. The fraction of sp³-hybridized carbons (Fsp3) is 0.600. The van der Waals surface area contributed by atoms with Gasteiger partial charge in [0.15, 0.2) is 0 Å². The summed E-state index contributed by atoms with van der Waals surface area (Å²) in [5, 5.41) is 2.81. The lowest BCUT2D eigenvalue weighted by Gasteiger charge is -2.32. The fourth-order valence-corrected chi connectivity index (χ4v) is 3.12. The van der Waals surface area contributed by atoms with Gasteiger partial charge in [-0.3, -0.25) is 9.59 Å². The maximum absolute atomic E-state index is 12.4. The smallest absolute Gasteiger partial charge is 0.226 e. The molecule has 0 spiro atoms. The molecule has 1 aromatic rings. The fourth-order valence-electron chi connectivity index (χ4n) is 3.12. The summed E-state index contributed by atoms with van der Waals surface area (Å²) in [6.07, 6.45) is 1.99. The third-order valence-electron chi connectivity index (χ3n) is 4.72. The highest BCUT2D eigenvalue weighted by Gasteiger charge is 2.27. The van der Waals surface area contributed by atoms with E-state index in [1.165, 1.54) is 5.56 Å². The third kappa shape index (κ3) is 7.39. The lowest BCUT2D eigenvalue weighted by Crippen LogP contribution is -2.46. The Hall–Kier alpha value is -1.79. The van der Waals surface area contributed by atoms with E-state index < -0.39 is 0 Å². The van der Waals surface area contributed by atoms with Gasteiger partial charge in [0, 0.05) is 26.2 Å². The van der Waals surface area contributed by atoms with Gasteiger partial charge in [0.1, 0.15) is 5.75 Å². The number of amides is 2. The van der Waals surface area contributed by atoms with Crippen molar-refractivity contribution in [3.8, 4) is 5.75 Å². The molecule has 1 aromatic carbocycles. The lowest BCUT2D eigenvalue weighted by atomic mass is 9.97.